The smallest absolute Gasteiger partial charge is 0.412 e. The van der Waals surface area contributed by atoms with E-state index in [2.05, 4.69) is 20.8 Å². The van der Waals surface area contributed by atoms with E-state index in [0.29, 0.717) is 0 Å². The first-order valence-corrected chi connectivity index (χ1v) is 4.12. The van der Waals surface area contributed by atoms with Gasteiger partial charge in [0.05, 0.1) is 0 Å². The Balaban J connectivity index is -0.00000000126. The van der Waals surface area contributed by atoms with Crippen LogP contribution >= 0.6 is 0 Å². The summed E-state index contributed by atoms with van der Waals surface area (Å²) in [7, 11) is 0. The van der Waals surface area contributed by atoms with Crippen molar-refractivity contribution in [3.05, 3.63) is 29.2 Å². The molecule has 1 nitrogen and oxygen atoms in total. The summed E-state index contributed by atoms with van der Waals surface area (Å²) in [5.41, 5.74) is 0. The molecule has 0 heterocycles. The maximum Gasteiger partial charge on any atom is 2.00 e. The zero-order valence-electron chi connectivity index (χ0n) is 12.7. The van der Waals surface area contributed by atoms with Crippen molar-refractivity contribution in [2.45, 2.75) is 84.6 Å². The Morgan fingerprint density at radius 3 is 0.579 bits per heavy atom. The van der Waals surface area contributed by atoms with Crippen LogP contribution in [0.15, 0.2) is 0 Å². The van der Waals surface area contributed by atoms with E-state index >= 15 is 0 Å². The molecule has 134 valence electrons. The summed E-state index contributed by atoms with van der Waals surface area (Å²) in [4.78, 5) is 0. The fourth-order valence-electron chi connectivity index (χ4n) is 0. The van der Waals surface area contributed by atoms with Crippen LogP contribution < -0.4 is 0 Å². The van der Waals surface area contributed by atoms with Crippen molar-refractivity contribution in [3.8, 4) is 0 Å². The molecule has 0 saturated heterocycles. The monoisotopic (exact) mass is 628 g/mol. The maximum atomic E-state index is 3.25. The quantitative estimate of drug-likeness (QED) is 0.251. The number of hydrogen-bond acceptors (Lipinski definition) is 0. The van der Waals surface area contributed by atoms with E-state index in [1.165, 1.54) is 6.42 Å². The van der Waals surface area contributed by atoms with Crippen LogP contribution in [0.5, 0.6) is 0 Å². The molecule has 0 saturated carbocycles. The zero-order valence-corrected chi connectivity index (χ0v) is 18.6. The van der Waals surface area contributed by atoms with E-state index in [9.17, 15) is 0 Å². The fraction of sp³-hybridized carbons (Fsp3) is 0.750. The summed E-state index contributed by atoms with van der Waals surface area (Å²) in [6.07, 6.45) is 1.25. The summed E-state index contributed by atoms with van der Waals surface area (Å²) >= 11 is 0. The van der Waals surface area contributed by atoms with Crippen LogP contribution in [-0.2, 0) is 42.1 Å². The van der Waals surface area contributed by atoms with Crippen molar-refractivity contribution >= 4 is 0 Å². The molecule has 0 aromatic heterocycles. The molecule has 0 radical (unpaired) electrons. The van der Waals surface area contributed by atoms with Crippen molar-refractivity contribution in [1.82, 2.24) is 0 Å². The average molecular weight is 628 g/mol. The van der Waals surface area contributed by atoms with Crippen molar-refractivity contribution < 1.29 is 47.6 Å². The summed E-state index contributed by atoms with van der Waals surface area (Å²) in [6.45, 7) is 17.2. The van der Waals surface area contributed by atoms with Crippen molar-refractivity contribution in [3.63, 3.8) is 0 Å². The first-order chi connectivity index (χ1) is 4.41. The second-order valence-electron chi connectivity index (χ2n) is 0.707. The minimum absolute atomic E-state index is 0. The molecule has 0 aliphatic rings. The third-order valence-electron chi connectivity index (χ3n) is 0. The molecule has 0 spiro atoms. The van der Waals surface area contributed by atoms with Crippen LogP contribution in [0.3, 0.4) is 0 Å². The summed E-state index contributed by atoms with van der Waals surface area (Å²) in [5, 5.41) is 0. The van der Waals surface area contributed by atoms with Gasteiger partial charge in [0, 0.05) is 0 Å². The Labute approximate surface area is 161 Å². The fourth-order valence-corrected chi connectivity index (χ4v) is 0. The van der Waals surface area contributed by atoms with Crippen LogP contribution in [0.2, 0.25) is 0 Å². The topological polar surface area (TPSA) is 31.5 Å². The first-order valence-electron chi connectivity index (χ1n) is 4.12. The first kappa shape index (κ1) is 189. The summed E-state index contributed by atoms with van der Waals surface area (Å²) in [6, 6.07) is 0. The van der Waals surface area contributed by atoms with Gasteiger partial charge in [-0.1, -0.05) is 77.7 Å². The molecule has 0 bridgehead atoms. The molecule has 0 fully saturated rings. The van der Waals surface area contributed by atoms with Crippen molar-refractivity contribution in [2.75, 3.05) is 0 Å². The second-order valence-corrected chi connectivity index (χ2v) is 0.707. The minimum atomic E-state index is 0. The summed E-state index contributed by atoms with van der Waals surface area (Å²) < 4.78 is 0. The average Bonchev–Trinajstić information content (AvgIpc) is 2.01. The Bertz CT molecular complexity index is 14.7. The van der Waals surface area contributed by atoms with Gasteiger partial charge in [0.25, 0.3) is 0 Å². The van der Waals surface area contributed by atoms with Crippen LogP contribution in [0.4, 0.5) is 0 Å². The number of rotatable bonds is 0. The Morgan fingerprint density at radius 2 is 0.579 bits per heavy atom. The molecule has 0 aromatic rings. The van der Waals surface area contributed by atoms with Gasteiger partial charge in [-0.3, -0.25) is 0 Å². The van der Waals surface area contributed by atoms with Gasteiger partial charge >= 0.3 is 42.1 Å². The van der Waals surface area contributed by atoms with E-state index in [1.54, 1.807) is 6.92 Å². The minimum Gasteiger partial charge on any atom is -0.412 e. The molecule has 0 aliphatic carbocycles. The Hall–Kier alpha value is 1.34. The molecule has 19 heavy (non-hydrogen) atoms. The molecule has 0 rings (SSSR count). The van der Waals surface area contributed by atoms with E-state index in [0.717, 1.165) is 0 Å². The van der Waals surface area contributed by atoms with Crippen molar-refractivity contribution in [1.29, 1.82) is 0 Å². The van der Waals surface area contributed by atoms with E-state index in [4.69, 9.17) is 0 Å². The van der Waals surface area contributed by atoms with Crippen LogP contribution in [0, 0.1) is 29.2 Å². The van der Waals surface area contributed by atoms with Gasteiger partial charge in [0.15, 0.2) is 0 Å². The van der Waals surface area contributed by atoms with Crippen molar-refractivity contribution in [2.24, 2.45) is 0 Å². The SMILES string of the molecule is C.C.C.C.CC.CC.CCC.O.[CH2-]C.[CH3-].[CH3-].[CH3-].[W+2].[W+2]. The van der Waals surface area contributed by atoms with Gasteiger partial charge in [-0.2, -0.15) is 6.92 Å². The molecule has 3 heteroatoms. The summed E-state index contributed by atoms with van der Waals surface area (Å²) in [5.74, 6) is 0. The molecular weight excluding hydrogens is 576 g/mol. The van der Waals surface area contributed by atoms with Gasteiger partial charge in [-0.25, -0.2) is 0 Å². The molecule has 0 atom stereocenters. The zero-order chi connectivity index (χ0) is 8.71. The molecule has 0 amide bonds. The van der Waals surface area contributed by atoms with Gasteiger partial charge in [0.1, 0.15) is 0 Å². The largest absolute Gasteiger partial charge is 2.00 e. The van der Waals surface area contributed by atoms with Gasteiger partial charge in [-0.05, 0) is 0 Å². The van der Waals surface area contributed by atoms with Crippen LogP contribution in [-0.4, -0.2) is 5.48 Å². The van der Waals surface area contributed by atoms with E-state index < -0.39 is 0 Å². The van der Waals surface area contributed by atoms with E-state index in [1.807, 2.05) is 27.7 Å². The Morgan fingerprint density at radius 1 is 0.579 bits per heavy atom. The van der Waals surface area contributed by atoms with Crippen LogP contribution in [0.1, 0.15) is 84.6 Å². The Kier molecular flexibility index (Phi) is 11900. The normalized spacial score (nSPS) is 1.89. The molecule has 0 unspecified atom stereocenters. The maximum absolute atomic E-state index is 3.25. The predicted octanol–water partition coefficient (Wildman–Crippen LogP) is 7.37. The molecular formula is C16H52OW2. The second kappa shape index (κ2) is 1190. The predicted molar refractivity (Wildman–Crippen MR) is 99.5 cm³/mol. The van der Waals surface area contributed by atoms with E-state index in [-0.39, 0.29) is 99.6 Å². The van der Waals surface area contributed by atoms with Gasteiger partial charge in [0.2, 0.25) is 0 Å². The standard InChI is InChI=1S/C3H8.2C2H6.C2H5.4CH4.3CH3.H2O.2W/c1-3-2;3*1-2;;;;;;;;;;/h3H2,1-2H3;2*1-2H3;1H2,2H3;4*1H4;3*1H3;1H2;;/q;;;-1;;;;;3*-1;;2*+2. The third kappa shape index (κ3) is 3250. The van der Waals surface area contributed by atoms with Gasteiger partial charge in [-0.15, -0.1) is 0 Å². The molecule has 0 aliphatic heterocycles. The number of hydrogen-bond donors (Lipinski definition) is 0. The van der Waals surface area contributed by atoms with Crippen LogP contribution in [0.25, 0.3) is 0 Å². The molecule has 0 aromatic carbocycles. The molecule has 2 N–H and O–H groups in total. The third-order valence-corrected chi connectivity index (χ3v) is 0. The van der Waals surface area contributed by atoms with Gasteiger partial charge < -0.3 is 34.7 Å².